The second-order valence-corrected chi connectivity index (χ2v) is 7.43. The monoisotopic (exact) mass is 342 g/mol. The van der Waals surface area contributed by atoms with E-state index >= 15 is 0 Å². The predicted octanol–water partition coefficient (Wildman–Crippen LogP) is 3.01. The Hall–Kier alpha value is -2.47. The zero-order valence-electron chi connectivity index (χ0n) is 13.8. The maximum absolute atomic E-state index is 12.8. The van der Waals surface area contributed by atoms with Crippen molar-refractivity contribution in [1.82, 2.24) is 10.2 Å². The number of carbonyl (C=O) groups excluding carboxylic acids is 3. The highest BCUT2D eigenvalue weighted by Crippen LogP contribution is 2.29. The molecule has 0 radical (unpaired) electrons. The molecule has 2 aromatic rings. The summed E-state index contributed by atoms with van der Waals surface area (Å²) in [4.78, 5) is 39.9. The number of benzene rings is 1. The maximum Gasteiger partial charge on any atom is 0.325 e. The third kappa shape index (κ3) is 2.73. The SMILES string of the molecule is Cc1ccc([C@@]2(C)NC(=O)N(CC(=O)c3ccc(C)s3)C2=O)cc1. The second kappa shape index (κ2) is 5.87. The van der Waals surface area contributed by atoms with Gasteiger partial charge in [-0.1, -0.05) is 29.8 Å². The number of hydrogen-bond donors (Lipinski definition) is 1. The van der Waals surface area contributed by atoms with Crippen molar-refractivity contribution in [3.05, 3.63) is 57.3 Å². The van der Waals surface area contributed by atoms with E-state index in [1.807, 2.05) is 44.2 Å². The molecule has 1 aromatic carbocycles. The Kier molecular flexibility index (Phi) is 4.01. The number of carbonyl (C=O) groups is 3. The minimum Gasteiger partial charge on any atom is -0.319 e. The van der Waals surface area contributed by atoms with Crippen LogP contribution in [0.25, 0.3) is 0 Å². The molecule has 1 atom stereocenters. The van der Waals surface area contributed by atoms with E-state index in [1.165, 1.54) is 11.3 Å². The lowest BCUT2D eigenvalue weighted by atomic mass is 9.91. The Bertz CT molecular complexity index is 825. The van der Waals surface area contributed by atoms with Gasteiger partial charge in [0.2, 0.25) is 0 Å². The van der Waals surface area contributed by atoms with Gasteiger partial charge < -0.3 is 5.32 Å². The van der Waals surface area contributed by atoms with Crippen LogP contribution in [-0.4, -0.2) is 29.2 Å². The highest BCUT2D eigenvalue weighted by atomic mass is 32.1. The third-order valence-electron chi connectivity index (χ3n) is 4.22. The number of nitrogens with one attached hydrogen (secondary N) is 1. The smallest absolute Gasteiger partial charge is 0.319 e. The summed E-state index contributed by atoms with van der Waals surface area (Å²) in [7, 11) is 0. The highest BCUT2D eigenvalue weighted by Gasteiger charge is 2.49. The third-order valence-corrected chi connectivity index (χ3v) is 5.26. The topological polar surface area (TPSA) is 66.5 Å². The molecule has 3 amide bonds. The number of imide groups is 1. The van der Waals surface area contributed by atoms with Crippen LogP contribution in [-0.2, 0) is 10.3 Å². The van der Waals surface area contributed by atoms with E-state index in [2.05, 4.69) is 5.32 Å². The summed E-state index contributed by atoms with van der Waals surface area (Å²) in [5.74, 6) is -0.636. The van der Waals surface area contributed by atoms with E-state index in [0.29, 0.717) is 10.4 Å². The molecule has 0 spiro atoms. The molecule has 2 heterocycles. The number of aryl methyl sites for hydroxylation is 2. The second-order valence-electron chi connectivity index (χ2n) is 6.15. The zero-order chi connectivity index (χ0) is 17.5. The van der Waals surface area contributed by atoms with Crippen LogP contribution in [0.1, 0.15) is 32.6 Å². The van der Waals surface area contributed by atoms with Crippen molar-refractivity contribution in [2.24, 2.45) is 0 Å². The molecule has 24 heavy (non-hydrogen) atoms. The van der Waals surface area contributed by atoms with Crippen molar-refractivity contribution in [3.63, 3.8) is 0 Å². The molecule has 124 valence electrons. The van der Waals surface area contributed by atoms with Crippen LogP contribution in [0.4, 0.5) is 4.79 Å². The lowest BCUT2D eigenvalue weighted by Crippen LogP contribution is -2.41. The number of hydrogen-bond acceptors (Lipinski definition) is 4. The molecular formula is C18H18N2O3S. The number of rotatable bonds is 4. The van der Waals surface area contributed by atoms with Gasteiger partial charge >= 0.3 is 6.03 Å². The Balaban J connectivity index is 1.83. The molecule has 3 rings (SSSR count). The first-order chi connectivity index (χ1) is 11.3. The first kappa shape index (κ1) is 16.4. The normalized spacial score (nSPS) is 20.4. The molecule has 1 N–H and O–H groups in total. The standard InChI is InChI=1S/C18H18N2O3S/c1-11-4-7-13(8-5-11)18(3)16(22)20(17(23)19-18)10-14(21)15-9-6-12(2)24-15/h4-9H,10H2,1-3H3,(H,19,23)/t18-/m1/s1. The molecule has 0 aliphatic carbocycles. The van der Waals surface area contributed by atoms with E-state index in [9.17, 15) is 14.4 Å². The summed E-state index contributed by atoms with van der Waals surface area (Å²) in [5, 5.41) is 2.72. The maximum atomic E-state index is 12.8. The lowest BCUT2D eigenvalue weighted by molar-refractivity contribution is -0.130. The number of thiophene rings is 1. The van der Waals surface area contributed by atoms with Crippen LogP contribution in [0, 0.1) is 13.8 Å². The summed E-state index contributed by atoms with van der Waals surface area (Å²) in [6.45, 7) is 5.28. The molecule has 0 saturated carbocycles. The van der Waals surface area contributed by atoms with Gasteiger partial charge in [0.1, 0.15) is 5.54 Å². The van der Waals surface area contributed by atoms with E-state index in [-0.39, 0.29) is 12.3 Å². The van der Waals surface area contributed by atoms with Gasteiger partial charge in [0.15, 0.2) is 5.78 Å². The Morgan fingerprint density at radius 1 is 1.12 bits per heavy atom. The van der Waals surface area contributed by atoms with Gasteiger partial charge in [-0.25, -0.2) is 4.79 Å². The molecule has 1 aromatic heterocycles. The number of ketones is 1. The molecule has 5 nitrogen and oxygen atoms in total. The zero-order valence-corrected chi connectivity index (χ0v) is 14.6. The van der Waals surface area contributed by atoms with Crippen LogP contribution in [0.15, 0.2) is 36.4 Å². The Morgan fingerprint density at radius 3 is 2.38 bits per heavy atom. The summed E-state index contributed by atoms with van der Waals surface area (Å²) in [5.41, 5.74) is 0.628. The first-order valence-electron chi connectivity index (χ1n) is 7.62. The molecular weight excluding hydrogens is 324 g/mol. The van der Waals surface area contributed by atoms with Crippen LogP contribution in [0.3, 0.4) is 0 Å². The molecule has 6 heteroatoms. The lowest BCUT2D eigenvalue weighted by Gasteiger charge is -2.22. The molecule has 1 fully saturated rings. The summed E-state index contributed by atoms with van der Waals surface area (Å²) in [6.07, 6.45) is 0. The fraction of sp³-hybridized carbons (Fsp3) is 0.278. The number of nitrogens with zero attached hydrogens (tertiary/aromatic N) is 1. The molecule has 1 saturated heterocycles. The van der Waals surface area contributed by atoms with Gasteiger partial charge in [0, 0.05) is 4.88 Å². The van der Waals surface area contributed by atoms with Crippen molar-refractivity contribution in [1.29, 1.82) is 0 Å². The van der Waals surface area contributed by atoms with Gasteiger partial charge in [-0.05, 0) is 38.5 Å². The van der Waals surface area contributed by atoms with Gasteiger partial charge in [-0.15, -0.1) is 11.3 Å². The average Bonchev–Trinajstić information content (AvgIpc) is 3.06. The fourth-order valence-electron chi connectivity index (χ4n) is 2.73. The van der Waals surface area contributed by atoms with Crippen molar-refractivity contribution in [2.45, 2.75) is 26.3 Å². The average molecular weight is 342 g/mol. The number of urea groups is 1. The van der Waals surface area contributed by atoms with E-state index in [0.717, 1.165) is 15.3 Å². The van der Waals surface area contributed by atoms with Crippen LogP contribution < -0.4 is 5.32 Å². The van der Waals surface area contributed by atoms with Gasteiger partial charge in [0.05, 0.1) is 11.4 Å². The van der Waals surface area contributed by atoms with Gasteiger partial charge in [0.25, 0.3) is 5.91 Å². The quantitative estimate of drug-likeness (QED) is 0.686. The van der Waals surface area contributed by atoms with Crippen LogP contribution >= 0.6 is 11.3 Å². The summed E-state index contributed by atoms with van der Waals surface area (Å²) >= 11 is 1.36. The van der Waals surface area contributed by atoms with E-state index in [1.54, 1.807) is 13.0 Å². The Labute approximate surface area is 144 Å². The minimum absolute atomic E-state index is 0.232. The Morgan fingerprint density at radius 2 is 1.79 bits per heavy atom. The van der Waals surface area contributed by atoms with Crippen LogP contribution in [0.2, 0.25) is 0 Å². The van der Waals surface area contributed by atoms with Crippen molar-refractivity contribution >= 4 is 29.1 Å². The number of Topliss-reactive ketones (excluding diaryl/α,β-unsaturated/α-hetero) is 1. The first-order valence-corrected chi connectivity index (χ1v) is 8.44. The van der Waals surface area contributed by atoms with Crippen molar-refractivity contribution < 1.29 is 14.4 Å². The molecule has 0 bridgehead atoms. The summed E-state index contributed by atoms with van der Waals surface area (Å²) in [6, 6.07) is 10.5. The fourth-order valence-corrected chi connectivity index (χ4v) is 3.53. The van der Waals surface area contributed by atoms with E-state index < -0.39 is 17.5 Å². The highest BCUT2D eigenvalue weighted by molar-refractivity contribution is 7.14. The van der Waals surface area contributed by atoms with Gasteiger partial charge in [-0.2, -0.15) is 0 Å². The minimum atomic E-state index is -1.14. The van der Waals surface area contributed by atoms with E-state index in [4.69, 9.17) is 0 Å². The van der Waals surface area contributed by atoms with Crippen molar-refractivity contribution in [2.75, 3.05) is 6.54 Å². The largest absolute Gasteiger partial charge is 0.325 e. The van der Waals surface area contributed by atoms with Gasteiger partial charge in [-0.3, -0.25) is 14.5 Å². The number of amides is 3. The molecule has 0 unspecified atom stereocenters. The van der Waals surface area contributed by atoms with Crippen LogP contribution in [0.5, 0.6) is 0 Å². The molecule has 1 aliphatic heterocycles. The van der Waals surface area contributed by atoms with Crippen molar-refractivity contribution in [3.8, 4) is 0 Å². The molecule has 1 aliphatic rings. The summed E-state index contributed by atoms with van der Waals surface area (Å²) < 4.78 is 0. The predicted molar refractivity (Wildman–Crippen MR) is 92.2 cm³/mol.